The number of fused-ring (bicyclic) bond motifs is 3. The Morgan fingerprint density at radius 2 is 1.53 bits per heavy atom. The summed E-state index contributed by atoms with van der Waals surface area (Å²) in [5.41, 5.74) is 4.31. The van der Waals surface area contributed by atoms with Crippen LogP contribution >= 0.6 is 0 Å². The normalized spacial score (nSPS) is 27.1. The van der Waals surface area contributed by atoms with Crippen LogP contribution in [-0.2, 0) is 15.4 Å². The Balaban J connectivity index is 1.02. The van der Waals surface area contributed by atoms with Gasteiger partial charge in [0, 0.05) is 29.7 Å². The first kappa shape index (κ1) is 30.1. The maximum absolute atomic E-state index is 13.0. The number of imidazole rings is 1. The number of nitrogens with zero attached hydrogens (tertiary/aromatic N) is 3. The zero-order valence-electron chi connectivity index (χ0n) is 25.9. The van der Waals surface area contributed by atoms with Crippen molar-refractivity contribution in [3.63, 3.8) is 0 Å². The van der Waals surface area contributed by atoms with Gasteiger partial charge in [-0.3, -0.25) is 9.69 Å². The molecule has 3 heterocycles. The Labute approximate surface area is 266 Å². The number of rotatable bonds is 8. The van der Waals surface area contributed by atoms with Crippen LogP contribution < -0.4 is 10.5 Å². The summed E-state index contributed by atoms with van der Waals surface area (Å²) in [6.45, 7) is 3.26. The fraction of sp³-hybridized carbons (Fsp3) is 0.444. The van der Waals surface area contributed by atoms with Crippen molar-refractivity contribution in [2.45, 2.75) is 99.2 Å². The minimum atomic E-state index is -3.79. The largest absolute Gasteiger partial charge is 0.349 e. The fourth-order valence-corrected chi connectivity index (χ4v) is 9.16. The van der Waals surface area contributed by atoms with E-state index in [0.29, 0.717) is 23.7 Å². The number of nitrogens with one attached hydrogen (secondary N) is 1. The molecule has 8 nitrogen and oxygen atoms in total. The molecule has 3 aromatic carbocycles. The minimum Gasteiger partial charge on any atom is -0.349 e. The lowest BCUT2D eigenvalue weighted by Crippen LogP contribution is -2.47. The Morgan fingerprint density at radius 3 is 2.20 bits per heavy atom. The summed E-state index contributed by atoms with van der Waals surface area (Å²) in [5, 5.41) is 8.42. The lowest BCUT2D eigenvalue weighted by molar-refractivity contribution is 0.0851. The van der Waals surface area contributed by atoms with Crippen LogP contribution in [0.25, 0.3) is 11.0 Å². The van der Waals surface area contributed by atoms with Gasteiger partial charge in [-0.05, 0) is 119 Å². The number of hydrogen-bond acceptors (Lipinski definition) is 5. The number of piperidine rings is 1. The Hall–Kier alpha value is -3.53. The molecule has 1 amide bonds. The molecule has 236 valence electrons. The van der Waals surface area contributed by atoms with E-state index in [1.165, 1.54) is 61.0 Å². The molecule has 2 bridgehead atoms. The maximum Gasteiger partial charge on any atom is 0.251 e. The number of aryl methyl sites for hydroxylation is 1. The zero-order chi connectivity index (χ0) is 31.2. The van der Waals surface area contributed by atoms with E-state index in [2.05, 4.69) is 76.3 Å². The number of carbonyl (C=O) groups is 1. The molecule has 1 aromatic heterocycles. The van der Waals surface area contributed by atoms with Crippen LogP contribution in [0.3, 0.4) is 0 Å². The average Bonchev–Trinajstić information content (AvgIpc) is 3.51. The molecule has 3 aliphatic rings. The molecule has 1 saturated carbocycles. The van der Waals surface area contributed by atoms with Crippen molar-refractivity contribution in [2.75, 3.05) is 6.54 Å². The summed E-state index contributed by atoms with van der Waals surface area (Å²) in [6.07, 6.45) is 9.92. The monoisotopic (exact) mass is 625 g/mol. The number of primary sulfonamides is 1. The van der Waals surface area contributed by atoms with Gasteiger partial charge in [0.1, 0.15) is 5.82 Å². The van der Waals surface area contributed by atoms with Gasteiger partial charge in [0.05, 0.1) is 15.9 Å². The van der Waals surface area contributed by atoms with E-state index in [4.69, 9.17) is 10.1 Å². The van der Waals surface area contributed by atoms with Crippen LogP contribution in [0.2, 0.25) is 0 Å². The number of nitrogens with two attached hydrogens (primary N) is 1. The van der Waals surface area contributed by atoms with Crippen molar-refractivity contribution in [3.05, 3.63) is 95.8 Å². The standard InChI is InChI=1S/C36H43N5O3S/c1-25-38-33-9-5-6-10-34(33)41(25)31-23-29-13-14-30(24-31)40(29)22-21-36(27-7-3-2-4-8-27)19-17-28(18-20-36)39-35(42)26-11-15-32(16-12-26)45(37,43)44/h2-12,15-16,28-31H,13-14,17-24H2,1H3,(H,39,42)(H2,37,43,44). The molecule has 0 spiro atoms. The molecule has 2 aliphatic heterocycles. The molecule has 7 rings (SSSR count). The van der Waals surface area contributed by atoms with Crippen molar-refractivity contribution in [1.29, 1.82) is 0 Å². The molecule has 9 heteroatoms. The van der Waals surface area contributed by atoms with Gasteiger partial charge < -0.3 is 9.88 Å². The highest BCUT2D eigenvalue weighted by Gasteiger charge is 2.44. The van der Waals surface area contributed by atoms with Crippen LogP contribution in [0.5, 0.6) is 0 Å². The van der Waals surface area contributed by atoms with E-state index in [1.807, 2.05) is 0 Å². The third kappa shape index (κ3) is 5.93. The molecular weight excluding hydrogens is 582 g/mol. The number of sulfonamides is 1. The minimum absolute atomic E-state index is 0.00682. The van der Waals surface area contributed by atoms with Crippen LogP contribution in [0.15, 0.2) is 83.8 Å². The van der Waals surface area contributed by atoms with E-state index in [-0.39, 0.29) is 22.3 Å². The quantitative estimate of drug-likeness (QED) is 0.255. The maximum atomic E-state index is 13.0. The third-order valence-electron chi connectivity index (χ3n) is 11.0. The van der Waals surface area contributed by atoms with Gasteiger partial charge in [0.2, 0.25) is 10.0 Å². The predicted octanol–water partition coefficient (Wildman–Crippen LogP) is 5.86. The zero-order valence-corrected chi connectivity index (χ0v) is 26.8. The smallest absolute Gasteiger partial charge is 0.251 e. The van der Waals surface area contributed by atoms with E-state index >= 15 is 0 Å². The second kappa shape index (κ2) is 12.0. The van der Waals surface area contributed by atoms with Crippen LogP contribution in [-0.4, -0.2) is 53.4 Å². The van der Waals surface area contributed by atoms with Gasteiger partial charge in [0.15, 0.2) is 0 Å². The number of aromatic nitrogens is 2. The molecule has 3 fully saturated rings. The van der Waals surface area contributed by atoms with Crippen LogP contribution in [0.1, 0.15) is 85.6 Å². The Bertz CT molecular complexity index is 1760. The first-order valence-corrected chi connectivity index (χ1v) is 17.9. The summed E-state index contributed by atoms with van der Waals surface area (Å²) in [4.78, 5) is 20.7. The summed E-state index contributed by atoms with van der Waals surface area (Å²) in [7, 11) is -3.79. The van der Waals surface area contributed by atoms with E-state index in [0.717, 1.165) is 50.0 Å². The number of carbonyl (C=O) groups excluding carboxylic acids is 1. The Morgan fingerprint density at radius 1 is 0.889 bits per heavy atom. The van der Waals surface area contributed by atoms with Crippen molar-refractivity contribution in [3.8, 4) is 0 Å². The van der Waals surface area contributed by atoms with Gasteiger partial charge in [-0.15, -0.1) is 0 Å². The molecule has 2 saturated heterocycles. The molecule has 2 atom stereocenters. The predicted molar refractivity (Wildman–Crippen MR) is 177 cm³/mol. The number of para-hydroxylation sites is 2. The molecule has 2 unspecified atom stereocenters. The molecule has 0 radical (unpaired) electrons. The first-order valence-electron chi connectivity index (χ1n) is 16.4. The second-order valence-electron chi connectivity index (χ2n) is 13.5. The van der Waals surface area contributed by atoms with Gasteiger partial charge in [0.25, 0.3) is 5.91 Å². The summed E-state index contributed by atoms with van der Waals surface area (Å²) in [6, 6.07) is 27.2. The lowest BCUT2D eigenvalue weighted by Gasteiger charge is -2.45. The third-order valence-corrected chi connectivity index (χ3v) is 11.9. The Kier molecular flexibility index (Phi) is 8.04. The van der Waals surface area contributed by atoms with Gasteiger partial charge in [-0.2, -0.15) is 0 Å². The van der Waals surface area contributed by atoms with E-state index < -0.39 is 10.0 Å². The highest BCUT2D eigenvalue weighted by molar-refractivity contribution is 7.89. The summed E-state index contributed by atoms with van der Waals surface area (Å²) < 4.78 is 25.7. The van der Waals surface area contributed by atoms with Crippen LogP contribution in [0, 0.1) is 6.92 Å². The van der Waals surface area contributed by atoms with Crippen molar-refractivity contribution in [1.82, 2.24) is 19.8 Å². The van der Waals surface area contributed by atoms with Gasteiger partial charge in [-0.1, -0.05) is 42.5 Å². The molecule has 4 aromatic rings. The van der Waals surface area contributed by atoms with Crippen molar-refractivity contribution in [2.24, 2.45) is 5.14 Å². The highest BCUT2D eigenvalue weighted by atomic mass is 32.2. The number of amides is 1. The molecule has 45 heavy (non-hydrogen) atoms. The molecule has 3 N–H and O–H groups in total. The van der Waals surface area contributed by atoms with E-state index in [1.54, 1.807) is 0 Å². The topological polar surface area (TPSA) is 110 Å². The fourth-order valence-electron chi connectivity index (χ4n) is 8.64. The number of hydrogen-bond donors (Lipinski definition) is 2. The second-order valence-corrected chi connectivity index (χ2v) is 15.0. The van der Waals surface area contributed by atoms with Crippen molar-refractivity contribution < 1.29 is 13.2 Å². The van der Waals surface area contributed by atoms with E-state index in [9.17, 15) is 13.2 Å². The summed E-state index contributed by atoms with van der Waals surface area (Å²) >= 11 is 0. The first-order chi connectivity index (χ1) is 21.7. The van der Waals surface area contributed by atoms with Crippen LogP contribution in [0.4, 0.5) is 0 Å². The van der Waals surface area contributed by atoms with Gasteiger partial charge in [-0.25, -0.2) is 18.5 Å². The average molecular weight is 626 g/mol. The van der Waals surface area contributed by atoms with Crippen molar-refractivity contribution >= 4 is 27.0 Å². The SMILES string of the molecule is Cc1nc2ccccc2n1C1CC2CCC(C1)N2CCC1(c2ccccc2)CCC(NC(=O)c2ccc(S(N)(=O)=O)cc2)CC1. The number of benzene rings is 3. The molecular formula is C36H43N5O3S. The molecule has 1 aliphatic carbocycles. The highest BCUT2D eigenvalue weighted by Crippen LogP contribution is 2.46. The lowest BCUT2D eigenvalue weighted by atomic mass is 9.66. The van der Waals surface area contributed by atoms with Gasteiger partial charge >= 0.3 is 0 Å². The summed E-state index contributed by atoms with van der Waals surface area (Å²) in [5.74, 6) is 0.954.